The van der Waals surface area contributed by atoms with Crippen LogP contribution in [0, 0.1) is 6.92 Å². The van der Waals surface area contributed by atoms with Crippen molar-refractivity contribution in [3.05, 3.63) is 59.1 Å². The lowest BCUT2D eigenvalue weighted by Crippen LogP contribution is -2.41. The van der Waals surface area contributed by atoms with E-state index in [1.807, 2.05) is 0 Å². The van der Waals surface area contributed by atoms with Gasteiger partial charge in [0.25, 0.3) is 11.8 Å². The number of ether oxygens (including phenoxy) is 1. The topological polar surface area (TPSA) is 130 Å². The molecule has 0 atom stereocenters. The first-order valence-corrected chi connectivity index (χ1v) is 11.6. The summed E-state index contributed by atoms with van der Waals surface area (Å²) in [5.41, 5.74) is 6.24. The fraction of sp³-hybridized carbons (Fsp3) is 0.318. The molecule has 3 aromatic rings. The van der Waals surface area contributed by atoms with Crippen molar-refractivity contribution < 1.29 is 19.1 Å². The molecule has 3 N–H and O–H groups in total. The van der Waals surface area contributed by atoms with Crippen LogP contribution in [0.5, 0.6) is 0 Å². The summed E-state index contributed by atoms with van der Waals surface area (Å²) in [6.07, 6.45) is 5.34. The van der Waals surface area contributed by atoms with Gasteiger partial charge in [-0.25, -0.2) is 9.97 Å². The average molecular weight is 484 g/mol. The predicted octanol–water partition coefficient (Wildman–Crippen LogP) is 1.59. The number of carbonyl (C=O) groups is 3. The predicted molar refractivity (Wildman–Crippen MR) is 127 cm³/mol. The summed E-state index contributed by atoms with van der Waals surface area (Å²) < 4.78 is 7.16. The number of hydrogen-bond donors (Lipinski definition) is 3. The molecule has 4 rings (SSSR count). The number of morpholine rings is 1. The first-order valence-electron chi connectivity index (χ1n) is 10.8. The molecule has 11 nitrogen and oxygen atoms in total. The number of aromatic nitrogens is 3. The molecule has 34 heavy (non-hydrogen) atoms. The molecule has 0 spiro atoms. The minimum atomic E-state index is -0.501. The number of amides is 3. The van der Waals surface area contributed by atoms with Crippen molar-refractivity contribution in [1.29, 1.82) is 0 Å². The molecule has 3 heterocycles. The van der Waals surface area contributed by atoms with Crippen molar-refractivity contribution in [3.8, 4) is 0 Å². The molecule has 2 aromatic heterocycles. The van der Waals surface area contributed by atoms with E-state index in [2.05, 4.69) is 31.0 Å². The molecular weight excluding hydrogens is 458 g/mol. The second-order valence-electron chi connectivity index (χ2n) is 7.60. The van der Waals surface area contributed by atoms with E-state index < -0.39 is 11.8 Å². The Balaban J connectivity index is 1.30. The van der Waals surface area contributed by atoms with Crippen LogP contribution in [-0.4, -0.2) is 58.6 Å². The summed E-state index contributed by atoms with van der Waals surface area (Å²) in [4.78, 5) is 48.3. The third-order valence-electron chi connectivity index (χ3n) is 5.13. The highest BCUT2D eigenvalue weighted by molar-refractivity contribution is 7.17. The van der Waals surface area contributed by atoms with E-state index in [4.69, 9.17) is 4.74 Å². The van der Waals surface area contributed by atoms with E-state index in [-0.39, 0.29) is 12.3 Å². The van der Waals surface area contributed by atoms with E-state index in [9.17, 15) is 14.4 Å². The Hall–Kier alpha value is -3.77. The van der Waals surface area contributed by atoms with E-state index >= 15 is 0 Å². The largest absolute Gasteiger partial charge is 0.378 e. The van der Waals surface area contributed by atoms with Gasteiger partial charge in [0, 0.05) is 49.7 Å². The van der Waals surface area contributed by atoms with Crippen LogP contribution in [-0.2, 0) is 16.1 Å². The molecule has 1 saturated heterocycles. The lowest BCUT2D eigenvalue weighted by atomic mass is 10.2. The maximum Gasteiger partial charge on any atom is 0.281 e. The van der Waals surface area contributed by atoms with Gasteiger partial charge in [-0.3, -0.25) is 25.2 Å². The molecule has 0 unspecified atom stereocenters. The Kier molecular flexibility index (Phi) is 7.50. The molecule has 178 valence electrons. The van der Waals surface area contributed by atoms with Gasteiger partial charge in [-0.15, -0.1) is 0 Å². The smallest absolute Gasteiger partial charge is 0.281 e. The third kappa shape index (κ3) is 5.97. The fourth-order valence-corrected chi connectivity index (χ4v) is 4.35. The van der Waals surface area contributed by atoms with Crippen LogP contribution < -0.4 is 21.1 Å². The average Bonchev–Trinajstić information content (AvgIpc) is 3.51. The number of carbonyl (C=O) groups excluding carboxylic acids is 3. The number of anilines is 2. The van der Waals surface area contributed by atoms with Gasteiger partial charge in [0.2, 0.25) is 5.91 Å². The summed E-state index contributed by atoms with van der Waals surface area (Å²) in [5.74, 6) is -1.12. The van der Waals surface area contributed by atoms with Gasteiger partial charge in [-0.2, -0.15) is 0 Å². The first kappa shape index (κ1) is 23.4. The van der Waals surface area contributed by atoms with Gasteiger partial charge in [0.15, 0.2) is 5.13 Å². The summed E-state index contributed by atoms with van der Waals surface area (Å²) in [6.45, 7) is 4.96. The highest BCUT2D eigenvalue weighted by atomic mass is 32.1. The minimum absolute atomic E-state index is 0.184. The molecule has 1 aromatic carbocycles. The quantitative estimate of drug-likeness (QED) is 0.435. The number of imidazole rings is 1. The monoisotopic (exact) mass is 483 g/mol. The van der Waals surface area contributed by atoms with Gasteiger partial charge in [0.1, 0.15) is 4.88 Å². The summed E-state index contributed by atoms with van der Waals surface area (Å²) in [6, 6.07) is 6.49. The molecule has 0 saturated carbocycles. The lowest BCUT2D eigenvalue weighted by molar-refractivity contribution is -0.116. The molecule has 0 radical (unpaired) electrons. The second-order valence-corrected chi connectivity index (χ2v) is 8.58. The number of hydrazine groups is 1. The summed E-state index contributed by atoms with van der Waals surface area (Å²) in [5, 5.41) is 3.53. The second kappa shape index (κ2) is 10.9. The summed E-state index contributed by atoms with van der Waals surface area (Å²) in [7, 11) is 0. The van der Waals surface area contributed by atoms with Crippen molar-refractivity contribution in [2.75, 3.05) is 36.5 Å². The number of benzene rings is 1. The van der Waals surface area contributed by atoms with Crippen LogP contribution in [0.25, 0.3) is 0 Å². The molecule has 1 fully saturated rings. The highest BCUT2D eigenvalue weighted by Crippen LogP contribution is 2.26. The van der Waals surface area contributed by atoms with E-state index in [1.165, 1.54) is 11.3 Å². The Morgan fingerprint density at radius 3 is 2.71 bits per heavy atom. The third-order valence-corrected chi connectivity index (χ3v) is 6.34. The first-order chi connectivity index (χ1) is 16.5. The Bertz CT molecular complexity index is 1160. The molecule has 12 heteroatoms. The van der Waals surface area contributed by atoms with Crippen LogP contribution in [0.3, 0.4) is 0 Å². The molecular formula is C22H25N7O4S. The molecule has 0 bridgehead atoms. The fourth-order valence-electron chi connectivity index (χ4n) is 3.34. The number of hydrogen-bond acceptors (Lipinski definition) is 8. The van der Waals surface area contributed by atoms with Crippen molar-refractivity contribution in [1.82, 2.24) is 25.4 Å². The molecule has 3 amide bonds. The van der Waals surface area contributed by atoms with Gasteiger partial charge in [-0.05, 0) is 25.1 Å². The van der Waals surface area contributed by atoms with Crippen LogP contribution in [0.2, 0.25) is 0 Å². The Morgan fingerprint density at radius 1 is 1.15 bits per heavy atom. The van der Waals surface area contributed by atoms with E-state index in [0.717, 1.165) is 18.2 Å². The maximum atomic E-state index is 12.6. The van der Waals surface area contributed by atoms with Crippen LogP contribution in [0.1, 0.15) is 32.1 Å². The highest BCUT2D eigenvalue weighted by Gasteiger charge is 2.21. The van der Waals surface area contributed by atoms with Crippen molar-refractivity contribution >= 4 is 39.9 Å². The number of aryl methyl sites for hydroxylation is 2. The zero-order valence-corrected chi connectivity index (χ0v) is 19.4. The van der Waals surface area contributed by atoms with Crippen LogP contribution in [0.15, 0.2) is 43.0 Å². The number of thiazole rings is 1. The normalized spacial score (nSPS) is 13.4. The SMILES string of the molecule is Cc1nc(N2CCOCC2)sc1C(=O)NNC(=O)c1cccc(NC(=O)CCn2ccnc2)c1. The van der Waals surface area contributed by atoms with E-state index in [1.54, 1.807) is 54.5 Å². The number of nitrogens with one attached hydrogen (secondary N) is 3. The van der Waals surface area contributed by atoms with Crippen molar-refractivity contribution in [2.45, 2.75) is 19.9 Å². The van der Waals surface area contributed by atoms with Gasteiger partial charge in [0.05, 0.1) is 25.2 Å². The molecule has 1 aliphatic rings. The minimum Gasteiger partial charge on any atom is -0.378 e. The summed E-state index contributed by atoms with van der Waals surface area (Å²) >= 11 is 1.28. The Morgan fingerprint density at radius 2 is 1.94 bits per heavy atom. The number of rotatable bonds is 7. The van der Waals surface area contributed by atoms with Crippen molar-refractivity contribution in [2.24, 2.45) is 0 Å². The van der Waals surface area contributed by atoms with Gasteiger partial charge in [-0.1, -0.05) is 17.4 Å². The van der Waals surface area contributed by atoms with E-state index in [0.29, 0.717) is 41.6 Å². The maximum absolute atomic E-state index is 12.6. The van der Waals surface area contributed by atoms with Crippen LogP contribution in [0.4, 0.5) is 10.8 Å². The molecule has 0 aliphatic carbocycles. The Labute approximate surface area is 200 Å². The number of nitrogens with zero attached hydrogens (tertiary/aromatic N) is 4. The zero-order chi connectivity index (χ0) is 23.9. The molecule has 1 aliphatic heterocycles. The zero-order valence-electron chi connectivity index (χ0n) is 18.6. The lowest BCUT2D eigenvalue weighted by Gasteiger charge is -2.25. The van der Waals surface area contributed by atoms with Crippen molar-refractivity contribution in [3.63, 3.8) is 0 Å². The van der Waals surface area contributed by atoms with Gasteiger partial charge >= 0.3 is 0 Å². The van der Waals surface area contributed by atoms with Crippen LogP contribution >= 0.6 is 11.3 Å². The van der Waals surface area contributed by atoms with Gasteiger partial charge < -0.3 is 19.5 Å². The standard InChI is InChI=1S/C22H25N7O4S/c1-15-19(34-22(24-15)29-9-11-33-12-10-29)21(32)27-26-20(31)16-3-2-4-17(13-16)25-18(30)5-7-28-8-6-23-14-28/h2-4,6,8,13-14H,5,7,9-12H2,1H3,(H,25,30)(H,26,31)(H,27,32).